The standard InChI is InChI=1S/C68H100N8O14/c1-41(2)31-53-63(81)87-45(9)59(77)71(15)56(34-44(7)8)66(84)90-58(36-48-21-25-50(26-22-48)40-76-52(28-30-70-76)38-68(13,14)86)62(80)74(18)54(32-42(3)4)64(82)88-46(10)60(78)72(16)55(33-43(5)6)65(83)89-57(61(79)73(53)17)35-47-19-23-49(24-20-47)39-75-51(27-29-69-75)37-67(11,12)85/h19-30,41-46,53-58,85-86H,31-40H2,1-18H3/t45-,46-,53+,54?,55+,56+,57-,58-/m1/s1. The molecule has 1 fully saturated rings. The Morgan fingerprint density at radius 1 is 0.411 bits per heavy atom. The fourth-order valence-corrected chi connectivity index (χ4v) is 11.0. The summed E-state index contributed by atoms with van der Waals surface area (Å²) in [4.78, 5) is 123. The summed E-state index contributed by atoms with van der Waals surface area (Å²) < 4.78 is 27.9. The fraction of sp³-hybridized carbons (Fsp3) is 0.618. The van der Waals surface area contributed by atoms with Crippen molar-refractivity contribution in [2.24, 2.45) is 23.7 Å². The van der Waals surface area contributed by atoms with Gasteiger partial charge in [-0.2, -0.15) is 10.2 Å². The first-order valence-corrected chi connectivity index (χ1v) is 31.4. The van der Waals surface area contributed by atoms with Crippen LogP contribution in [0.2, 0.25) is 0 Å². The minimum atomic E-state index is -1.58. The second-order valence-electron chi connectivity index (χ2n) is 27.4. The van der Waals surface area contributed by atoms with Crippen LogP contribution in [0.1, 0.15) is 156 Å². The fourth-order valence-electron chi connectivity index (χ4n) is 11.0. The van der Waals surface area contributed by atoms with Gasteiger partial charge in [-0.15, -0.1) is 0 Å². The highest BCUT2D eigenvalue weighted by Crippen LogP contribution is 2.26. The van der Waals surface area contributed by atoms with Crippen LogP contribution in [0.4, 0.5) is 0 Å². The Bertz CT molecular complexity index is 2850. The van der Waals surface area contributed by atoms with Crippen molar-refractivity contribution >= 4 is 47.5 Å². The van der Waals surface area contributed by atoms with Crippen molar-refractivity contribution in [2.45, 2.75) is 221 Å². The lowest BCUT2D eigenvalue weighted by atomic mass is 9.99. The van der Waals surface area contributed by atoms with Gasteiger partial charge in [-0.05, 0) is 125 Å². The number of carbonyl (C=O) groups is 8. The Morgan fingerprint density at radius 3 is 0.933 bits per heavy atom. The lowest BCUT2D eigenvalue weighted by Crippen LogP contribution is -2.55. The smallest absolute Gasteiger partial charge is 0.329 e. The summed E-state index contributed by atoms with van der Waals surface area (Å²) in [6.07, 6.45) is -2.25. The van der Waals surface area contributed by atoms with Crippen LogP contribution in [0.25, 0.3) is 0 Å². The molecule has 0 aliphatic carbocycles. The van der Waals surface area contributed by atoms with Crippen molar-refractivity contribution < 1.29 is 67.5 Å². The van der Waals surface area contributed by atoms with Crippen LogP contribution in [-0.2, 0) is 96.1 Å². The molecule has 22 nitrogen and oxygen atoms in total. The van der Waals surface area contributed by atoms with Gasteiger partial charge in [-0.1, -0.05) is 104 Å². The van der Waals surface area contributed by atoms with Crippen LogP contribution in [-0.4, -0.2) is 185 Å². The molecule has 0 bridgehead atoms. The van der Waals surface area contributed by atoms with Crippen molar-refractivity contribution in [1.82, 2.24) is 39.2 Å². The van der Waals surface area contributed by atoms with Crippen molar-refractivity contribution in [2.75, 3.05) is 28.2 Å². The molecule has 4 amide bonds. The zero-order chi connectivity index (χ0) is 67.3. The summed E-state index contributed by atoms with van der Waals surface area (Å²) in [7, 11) is 5.52. The molecule has 2 N–H and O–H groups in total. The summed E-state index contributed by atoms with van der Waals surface area (Å²) in [5, 5.41) is 30.0. The maximum atomic E-state index is 15.1. The van der Waals surface area contributed by atoms with E-state index in [2.05, 4.69) is 10.2 Å². The predicted octanol–water partition coefficient (Wildman–Crippen LogP) is 6.78. The number of aromatic nitrogens is 4. The van der Waals surface area contributed by atoms with Crippen molar-refractivity contribution in [3.63, 3.8) is 0 Å². The number of carbonyl (C=O) groups excluding carboxylic acids is 8. The quantitative estimate of drug-likeness (QED) is 0.0682. The molecule has 5 rings (SSSR count). The summed E-state index contributed by atoms with van der Waals surface area (Å²) >= 11 is 0. The van der Waals surface area contributed by atoms with E-state index >= 15 is 9.59 Å². The molecule has 1 saturated heterocycles. The van der Waals surface area contributed by atoms with E-state index in [0.29, 0.717) is 37.1 Å². The molecule has 1 aliphatic heterocycles. The van der Waals surface area contributed by atoms with Gasteiger partial charge in [0.15, 0.2) is 24.4 Å². The van der Waals surface area contributed by atoms with Crippen LogP contribution in [0.3, 0.4) is 0 Å². The van der Waals surface area contributed by atoms with Crippen molar-refractivity contribution in [1.29, 1.82) is 0 Å². The Morgan fingerprint density at radius 2 is 0.667 bits per heavy atom. The second-order valence-corrected chi connectivity index (χ2v) is 27.4. The van der Waals surface area contributed by atoms with E-state index in [0.717, 1.165) is 42.1 Å². The van der Waals surface area contributed by atoms with Crippen LogP contribution in [0, 0.1) is 23.7 Å². The third-order valence-electron chi connectivity index (χ3n) is 15.9. The van der Waals surface area contributed by atoms with E-state index < -0.39 is 107 Å². The normalized spacial score (nSPS) is 22.4. The summed E-state index contributed by atoms with van der Waals surface area (Å²) in [6.45, 7) is 25.0. The highest BCUT2D eigenvalue weighted by Gasteiger charge is 2.43. The number of esters is 4. The number of ether oxygens (including phenoxy) is 4. The molecule has 496 valence electrons. The third-order valence-corrected chi connectivity index (χ3v) is 15.9. The number of nitrogens with zero attached hydrogens (tertiary/aromatic N) is 8. The molecule has 2 aromatic heterocycles. The van der Waals surface area contributed by atoms with Crippen LogP contribution in [0.5, 0.6) is 0 Å². The molecule has 2 aromatic carbocycles. The zero-order valence-corrected chi connectivity index (χ0v) is 56.3. The number of hydrogen-bond acceptors (Lipinski definition) is 16. The number of hydrogen-bond donors (Lipinski definition) is 2. The zero-order valence-electron chi connectivity index (χ0n) is 56.3. The van der Waals surface area contributed by atoms with Crippen molar-refractivity contribution in [3.05, 3.63) is 107 Å². The van der Waals surface area contributed by atoms with Gasteiger partial charge in [0.05, 0.1) is 24.3 Å². The van der Waals surface area contributed by atoms with Gasteiger partial charge in [0.2, 0.25) is 0 Å². The predicted molar refractivity (Wildman–Crippen MR) is 338 cm³/mol. The molecule has 4 aromatic rings. The molecule has 8 atom stereocenters. The SMILES string of the molecule is CC(C)CC1C(=O)O[C@H](C)C(=O)N(C)[C@@H](CC(C)C)C(=O)O[C@H](Cc2ccc(Cn3nccc3CC(C)(C)O)cc2)C(=O)N(C)[C@@H](CC(C)C)C(=O)O[C@H](C)C(=O)N(C)[C@@H](CC(C)C)C(=O)O[C@H](Cc2ccc(Cn3nccc3CC(C)(C)O)cc2)C(=O)N1C. The van der Waals surface area contributed by atoms with Crippen LogP contribution < -0.4 is 0 Å². The van der Waals surface area contributed by atoms with E-state index in [4.69, 9.17) is 18.9 Å². The minimum absolute atomic E-state index is 0.0567. The molecule has 0 spiro atoms. The van der Waals surface area contributed by atoms with Gasteiger partial charge in [-0.25, -0.2) is 19.2 Å². The maximum Gasteiger partial charge on any atom is 0.329 e. The van der Waals surface area contributed by atoms with E-state index in [1.165, 1.54) is 42.0 Å². The van der Waals surface area contributed by atoms with Crippen LogP contribution in [0.15, 0.2) is 73.1 Å². The first-order valence-electron chi connectivity index (χ1n) is 31.4. The average Bonchev–Trinajstić information content (AvgIpc) is 1.48. The maximum absolute atomic E-state index is 15.1. The summed E-state index contributed by atoms with van der Waals surface area (Å²) in [5.41, 5.74) is 2.55. The van der Waals surface area contributed by atoms with E-state index in [-0.39, 0.29) is 62.2 Å². The highest BCUT2D eigenvalue weighted by molar-refractivity contribution is 5.94. The Hall–Kier alpha value is -7.46. The topological polar surface area (TPSA) is 263 Å². The molecule has 0 saturated carbocycles. The van der Waals surface area contributed by atoms with E-state index in [1.807, 2.05) is 91.8 Å². The molecule has 1 unspecified atom stereocenters. The number of benzene rings is 2. The molecule has 3 heterocycles. The number of rotatable bonds is 20. The van der Waals surface area contributed by atoms with Gasteiger partial charge in [0, 0.05) is 77.7 Å². The second kappa shape index (κ2) is 32.0. The molecule has 1 aliphatic rings. The first kappa shape index (κ1) is 73.3. The Labute approximate surface area is 531 Å². The minimum Gasteiger partial charge on any atom is -0.451 e. The molecular weight excluding hydrogens is 1150 g/mol. The molecule has 22 heteroatoms. The third kappa shape index (κ3) is 21.3. The Balaban J connectivity index is 1.58. The van der Waals surface area contributed by atoms with Gasteiger partial charge in [0.25, 0.3) is 23.6 Å². The van der Waals surface area contributed by atoms with Gasteiger partial charge in [-0.3, -0.25) is 28.5 Å². The number of amides is 4. The number of aliphatic hydroxyl groups is 2. The Kier molecular flexibility index (Phi) is 26.1. The van der Waals surface area contributed by atoms with E-state index in [9.17, 15) is 39.0 Å². The van der Waals surface area contributed by atoms with Gasteiger partial charge < -0.3 is 48.8 Å². The van der Waals surface area contributed by atoms with Crippen LogP contribution >= 0.6 is 0 Å². The van der Waals surface area contributed by atoms with Gasteiger partial charge >= 0.3 is 23.9 Å². The molecule has 90 heavy (non-hydrogen) atoms. The largest absolute Gasteiger partial charge is 0.451 e. The lowest BCUT2D eigenvalue weighted by molar-refractivity contribution is -0.176. The average molecular weight is 1250 g/mol. The van der Waals surface area contributed by atoms with Gasteiger partial charge in [0.1, 0.15) is 24.2 Å². The first-order chi connectivity index (χ1) is 41.9. The number of likely N-dealkylation sites (N-methyl/N-ethyl adjacent to an activating group) is 4. The highest BCUT2D eigenvalue weighted by atomic mass is 16.6. The van der Waals surface area contributed by atoms with E-state index in [1.54, 1.807) is 73.7 Å². The summed E-state index contributed by atoms with van der Waals surface area (Å²) in [5.74, 6) is -7.73. The monoisotopic (exact) mass is 1250 g/mol. The van der Waals surface area contributed by atoms with Crippen molar-refractivity contribution in [3.8, 4) is 0 Å². The summed E-state index contributed by atoms with van der Waals surface area (Å²) in [6, 6.07) is 12.9. The number of cyclic esters (lactones) is 4. The molecule has 0 radical (unpaired) electrons. The molecular formula is C68H100N8O14. The lowest BCUT2D eigenvalue weighted by Gasteiger charge is -2.35.